The Bertz CT molecular complexity index is 791. The highest BCUT2D eigenvalue weighted by Gasteiger charge is 2.08. The molecule has 0 heterocycles. The van der Waals surface area contributed by atoms with Gasteiger partial charge in [-0.15, -0.1) is 0 Å². The quantitative estimate of drug-likeness (QED) is 0.571. The van der Waals surface area contributed by atoms with Crippen molar-refractivity contribution in [2.75, 3.05) is 13.2 Å². The van der Waals surface area contributed by atoms with E-state index in [1.807, 2.05) is 13.0 Å². The number of nitro groups is 1. The molecule has 2 N–H and O–H groups in total. The minimum absolute atomic E-state index is 0.0809. The van der Waals surface area contributed by atoms with Crippen LogP contribution in [0.4, 0.5) is 5.69 Å². The number of benzene rings is 2. The molecule has 2 amide bonds. The molecule has 0 unspecified atom stereocenters. The maximum atomic E-state index is 11.6. The fourth-order valence-corrected chi connectivity index (χ4v) is 1.88. The highest BCUT2D eigenvalue weighted by molar-refractivity contribution is 5.83. The number of amides is 2. The van der Waals surface area contributed by atoms with Gasteiger partial charge in [0, 0.05) is 12.1 Å². The highest BCUT2D eigenvalue weighted by Crippen LogP contribution is 2.17. The molecule has 0 bridgehead atoms. The topological polar surface area (TPSA) is 120 Å². The van der Waals surface area contributed by atoms with Crippen LogP contribution < -0.4 is 20.3 Å². The summed E-state index contributed by atoms with van der Waals surface area (Å²) in [6.07, 6.45) is 0. The SMILES string of the molecule is Cc1cccc(OCC(=O)NNC(=O)COc2ccc([N+](=O)[O-])cc2)c1. The van der Waals surface area contributed by atoms with Crippen LogP contribution >= 0.6 is 0 Å². The van der Waals surface area contributed by atoms with Crippen LogP contribution in [-0.4, -0.2) is 30.0 Å². The van der Waals surface area contributed by atoms with E-state index < -0.39 is 16.7 Å². The summed E-state index contributed by atoms with van der Waals surface area (Å²) in [5.41, 5.74) is 5.29. The Kier molecular flexibility index (Phi) is 6.49. The summed E-state index contributed by atoms with van der Waals surface area (Å²) < 4.78 is 10.5. The Morgan fingerprint density at radius 3 is 2.08 bits per heavy atom. The van der Waals surface area contributed by atoms with E-state index in [2.05, 4.69) is 10.9 Å². The first-order valence-electron chi connectivity index (χ1n) is 7.58. The molecule has 0 saturated heterocycles. The maximum Gasteiger partial charge on any atom is 0.276 e. The van der Waals surface area contributed by atoms with Gasteiger partial charge in [0.15, 0.2) is 13.2 Å². The normalized spacial score (nSPS) is 9.88. The predicted octanol–water partition coefficient (Wildman–Crippen LogP) is 1.51. The molecule has 0 saturated carbocycles. The van der Waals surface area contributed by atoms with Crippen molar-refractivity contribution in [3.63, 3.8) is 0 Å². The second kappa shape index (κ2) is 9.02. The average molecular weight is 359 g/mol. The van der Waals surface area contributed by atoms with Crippen LogP contribution in [0.5, 0.6) is 11.5 Å². The number of carbonyl (C=O) groups is 2. The number of aryl methyl sites for hydroxylation is 1. The maximum absolute atomic E-state index is 11.6. The summed E-state index contributed by atoms with van der Waals surface area (Å²) in [4.78, 5) is 33.2. The summed E-state index contributed by atoms with van der Waals surface area (Å²) in [7, 11) is 0. The van der Waals surface area contributed by atoms with Crippen LogP contribution in [0.3, 0.4) is 0 Å². The molecule has 136 valence electrons. The van der Waals surface area contributed by atoms with Gasteiger partial charge in [-0.05, 0) is 36.8 Å². The van der Waals surface area contributed by atoms with Crippen LogP contribution in [0.15, 0.2) is 48.5 Å². The van der Waals surface area contributed by atoms with E-state index in [1.54, 1.807) is 18.2 Å². The first kappa shape index (κ1) is 18.7. The van der Waals surface area contributed by atoms with Crippen LogP contribution in [0.2, 0.25) is 0 Å². The van der Waals surface area contributed by atoms with Crippen molar-refractivity contribution in [2.45, 2.75) is 6.92 Å². The summed E-state index contributed by atoms with van der Waals surface area (Å²) >= 11 is 0. The molecule has 0 aliphatic carbocycles. The number of nitro benzene ring substituents is 1. The monoisotopic (exact) mass is 359 g/mol. The Labute approximate surface area is 149 Å². The summed E-state index contributed by atoms with van der Waals surface area (Å²) in [5.74, 6) is -0.282. The van der Waals surface area contributed by atoms with Crippen LogP contribution in [-0.2, 0) is 9.59 Å². The lowest BCUT2D eigenvalue weighted by atomic mass is 10.2. The van der Waals surface area contributed by atoms with E-state index in [0.29, 0.717) is 11.5 Å². The molecule has 0 atom stereocenters. The van der Waals surface area contributed by atoms with Gasteiger partial charge in [-0.25, -0.2) is 0 Å². The van der Waals surface area contributed by atoms with Gasteiger partial charge in [0.2, 0.25) is 0 Å². The minimum Gasteiger partial charge on any atom is -0.484 e. The lowest BCUT2D eigenvalue weighted by Crippen LogP contribution is -2.45. The van der Waals surface area contributed by atoms with Gasteiger partial charge >= 0.3 is 0 Å². The third-order valence-corrected chi connectivity index (χ3v) is 3.12. The van der Waals surface area contributed by atoms with Gasteiger partial charge in [0.1, 0.15) is 11.5 Å². The van der Waals surface area contributed by atoms with Gasteiger partial charge in [0.05, 0.1) is 4.92 Å². The first-order valence-corrected chi connectivity index (χ1v) is 7.58. The largest absolute Gasteiger partial charge is 0.484 e. The van der Waals surface area contributed by atoms with Crippen molar-refractivity contribution in [1.82, 2.24) is 10.9 Å². The minimum atomic E-state index is -0.591. The van der Waals surface area contributed by atoms with E-state index in [0.717, 1.165) is 5.56 Å². The molecule has 2 aromatic carbocycles. The number of non-ortho nitro benzene ring substituents is 1. The lowest BCUT2D eigenvalue weighted by Gasteiger charge is -2.10. The second-order valence-corrected chi connectivity index (χ2v) is 5.24. The zero-order valence-corrected chi connectivity index (χ0v) is 13.9. The van der Waals surface area contributed by atoms with E-state index in [9.17, 15) is 19.7 Å². The number of ether oxygens (including phenoxy) is 2. The predicted molar refractivity (Wildman–Crippen MR) is 91.6 cm³/mol. The van der Waals surface area contributed by atoms with Crippen molar-refractivity contribution in [3.05, 3.63) is 64.2 Å². The van der Waals surface area contributed by atoms with Crippen molar-refractivity contribution >= 4 is 17.5 Å². The van der Waals surface area contributed by atoms with E-state index in [1.165, 1.54) is 24.3 Å². The molecule has 9 heteroatoms. The number of hydrogen-bond donors (Lipinski definition) is 2. The summed E-state index contributed by atoms with van der Waals surface area (Å²) in [6, 6.07) is 12.5. The molecule has 0 fully saturated rings. The van der Waals surface area contributed by atoms with Gasteiger partial charge in [0.25, 0.3) is 17.5 Å². The number of nitrogens with zero attached hydrogens (tertiary/aromatic N) is 1. The molecule has 0 aromatic heterocycles. The molecule has 0 aliphatic heterocycles. The fraction of sp³-hybridized carbons (Fsp3) is 0.176. The second-order valence-electron chi connectivity index (χ2n) is 5.24. The molecule has 0 aliphatic rings. The molecule has 0 spiro atoms. The Balaban J connectivity index is 1.67. The van der Waals surface area contributed by atoms with Gasteiger partial charge in [-0.3, -0.25) is 30.6 Å². The zero-order chi connectivity index (χ0) is 18.9. The lowest BCUT2D eigenvalue weighted by molar-refractivity contribution is -0.384. The third kappa shape index (κ3) is 6.11. The highest BCUT2D eigenvalue weighted by atomic mass is 16.6. The Hall–Kier alpha value is -3.62. The fourth-order valence-electron chi connectivity index (χ4n) is 1.88. The van der Waals surface area contributed by atoms with Crippen LogP contribution in [0, 0.1) is 17.0 Å². The molecule has 2 aromatic rings. The van der Waals surface area contributed by atoms with Crippen LogP contribution in [0.1, 0.15) is 5.56 Å². The molecular formula is C17H17N3O6. The number of rotatable bonds is 7. The number of hydrogen-bond acceptors (Lipinski definition) is 6. The van der Waals surface area contributed by atoms with Gasteiger partial charge < -0.3 is 9.47 Å². The summed E-state index contributed by atoms with van der Waals surface area (Å²) in [6.45, 7) is 1.28. The van der Waals surface area contributed by atoms with Crippen molar-refractivity contribution in [1.29, 1.82) is 0 Å². The van der Waals surface area contributed by atoms with E-state index in [-0.39, 0.29) is 18.9 Å². The van der Waals surface area contributed by atoms with Crippen molar-refractivity contribution in [3.8, 4) is 11.5 Å². The smallest absolute Gasteiger partial charge is 0.276 e. The molecular weight excluding hydrogens is 342 g/mol. The molecule has 2 rings (SSSR count). The number of nitrogens with one attached hydrogen (secondary N) is 2. The van der Waals surface area contributed by atoms with Crippen LogP contribution in [0.25, 0.3) is 0 Å². The van der Waals surface area contributed by atoms with Gasteiger partial charge in [-0.2, -0.15) is 0 Å². The average Bonchev–Trinajstić information content (AvgIpc) is 2.63. The molecule has 0 radical (unpaired) electrons. The third-order valence-electron chi connectivity index (χ3n) is 3.12. The standard InChI is InChI=1S/C17H17N3O6/c1-12-3-2-4-15(9-12)26-11-17(22)19-18-16(21)10-25-14-7-5-13(6-8-14)20(23)24/h2-9H,10-11H2,1H3,(H,18,21)(H,19,22). The van der Waals surface area contributed by atoms with E-state index in [4.69, 9.17) is 9.47 Å². The van der Waals surface area contributed by atoms with Gasteiger partial charge in [-0.1, -0.05) is 12.1 Å². The molecule has 9 nitrogen and oxygen atoms in total. The zero-order valence-electron chi connectivity index (χ0n) is 13.9. The van der Waals surface area contributed by atoms with Crippen molar-refractivity contribution < 1.29 is 24.0 Å². The summed E-state index contributed by atoms with van der Waals surface area (Å²) in [5, 5.41) is 10.5. The Morgan fingerprint density at radius 2 is 1.54 bits per heavy atom. The number of hydrazine groups is 1. The van der Waals surface area contributed by atoms with E-state index >= 15 is 0 Å². The number of carbonyl (C=O) groups excluding carboxylic acids is 2. The Morgan fingerprint density at radius 1 is 0.962 bits per heavy atom. The molecule has 26 heavy (non-hydrogen) atoms. The first-order chi connectivity index (χ1) is 12.4. The van der Waals surface area contributed by atoms with Crippen molar-refractivity contribution in [2.24, 2.45) is 0 Å².